The second kappa shape index (κ2) is 7.51. The summed E-state index contributed by atoms with van der Waals surface area (Å²) in [5, 5.41) is 0. The van der Waals surface area contributed by atoms with Crippen molar-refractivity contribution in [3.05, 3.63) is 17.7 Å². The second-order valence-corrected chi connectivity index (χ2v) is 9.77. The molecule has 0 radical (unpaired) electrons. The van der Waals surface area contributed by atoms with Gasteiger partial charge in [-0.1, -0.05) is 13.8 Å². The molecule has 5 fully saturated rings. The van der Waals surface area contributed by atoms with Crippen LogP contribution in [0.15, 0.2) is 12.1 Å². The van der Waals surface area contributed by atoms with Crippen molar-refractivity contribution in [2.45, 2.75) is 70.2 Å². The highest BCUT2D eigenvalue weighted by molar-refractivity contribution is 5.52. The Balaban J connectivity index is 1.61. The Morgan fingerprint density at radius 3 is 2.26 bits per heavy atom. The van der Waals surface area contributed by atoms with Crippen LogP contribution in [0.5, 0.6) is 17.2 Å². The SMILES string of the molecule is COc1cc(OC)c([C@@H]2O[C@@H]3O[C@@]4(C)CC[C@H]5[C@H](C)CC[C@@H]([C@H]2C)[C@@]35OO4)c(OC)c1. The molecule has 4 heterocycles. The minimum absolute atomic E-state index is 0.150. The molecular formula is C24H34O7. The number of methoxy groups -OCH3 is 3. The summed E-state index contributed by atoms with van der Waals surface area (Å²) in [5.41, 5.74) is 0.300. The Morgan fingerprint density at radius 2 is 1.61 bits per heavy atom. The number of hydrogen-bond acceptors (Lipinski definition) is 7. The number of ether oxygens (including phenoxy) is 5. The van der Waals surface area contributed by atoms with Crippen LogP contribution in [0.3, 0.4) is 0 Å². The van der Waals surface area contributed by atoms with Crippen molar-refractivity contribution in [3.63, 3.8) is 0 Å². The molecule has 1 spiro atoms. The minimum atomic E-state index is -0.795. The first kappa shape index (κ1) is 21.3. The van der Waals surface area contributed by atoms with Crippen molar-refractivity contribution in [2.24, 2.45) is 23.7 Å². The molecule has 1 saturated carbocycles. The molecule has 172 valence electrons. The van der Waals surface area contributed by atoms with Crippen LogP contribution in [0.4, 0.5) is 0 Å². The summed E-state index contributed by atoms with van der Waals surface area (Å²) in [6.45, 7) is 6.50. The van der Waals surface area contributed by atoms with E-state index in [0.29, 0.717) is 29.1 Å². The molecule has 31 heavy (non-hydrogen) atoms. The molecule has 0 aromatic heterocycles. The van der Waals surface area contributed by atoms with E-state index in [2.05, 4.69) is 13.8 Å². The first-order valence-electron chi connectivity index (χ1n) is 11.4. The predicted molar refractivity (Wildman–Crippen MR) is 112 cm³/mol. The third-order valence-corrected chi connectivity index (χ3v) is 8.20. The van der Waals surface area contributed by atoms with Crippen LogP contribution < -0.4 is 14.2 Å². The Bertz CT molecular complexity index is 818. The van der Waals surface area contributed by atoms with E-state index < -0.39 is 17.7 Å². The van der Waals surface area contributed by atoms with Crippen LogP contribution >= 0.6 is 0 Å². The Labute approximate surface area is 184 Å². The minimum Gasteiger partial charge on any atom is -0.496 e. The molecule has 8 atom stereocenters. The van der Waals surface area contributed by atoms with E-state index in [0.717, 1.165) is 31.2 Å². The molecule has 4 aliphatic heterocycles. The summed E-state index contributed by atoms with van der Waals surface area (Å²) in [6.07, 6.45) is 3.24. The summed E-state index contributed by atoms with van der Waals surface area (Å²) in [7, 11) is 4.95. The van der Waals surface area contributed by atoms with E-state index >= 15 is 0 Å². The van der Waals surface area contributed by atoms with E-state index in [1.807, 2.05) is 19.1 Å². The molecule has 1 aliphatic carbocycles. The van der Waals surface area contributed by atoms with Gasteiger partial charge in [-0.25, -0.2) is 9.78 Å². The quantitative estimate of drug-likeness (QED) is 0.640. The van der Waals surface area contributed by atoms with Crippen molar-refractivity contribution < 1.29 is 33.5 Å². The van der Waals surface area contributed by atoms with Crippen molar-refractivity contribution in [3.8, 4) is 17.2 Å². The van der Waals surface area contributed by atoms with Gasteiger partial charge in [0.25, 0.3) is 0 Å². The van der Waals surface area contributed by atoms with Gasteiger partial charge in [0.1, 0.15) is 17.2 Å². The first-order chi connectivity index (χ1) is 14.9. The maximum Gasteiger partial charge on any atom is 0.201 e. The van der Waals surface area contributed by atoms with Gasteiger partial charge >= 0.3 is 0 Å². The topological polar surface area (TPSA) is 64.6 Å². The van der Waals surface area contributed by atoms with Crippen LogP contribution in [0, 0.1) is 23.7 Å². The van der Waals surface area contributed by atoms with E-state index in [-0.39, 0.29) is 17.9 Å². The lowest BCUT2D eigenvalue weighted by molar-refractivity contribution is -0.571. The Kier molecular flexibility index (Phi) is 5.16. The van der Waals surface area contributed by atoms with Crippen LogP contribution in [0.2, 0.25) is 0 Å². The zero-order valence-corrected chi connectivity index (χ0v) is 19.3. The number of hydrogen-bond donors (Lipinski definition) is 0. The maximum atomic E-state index is 6.77. The van der Waals surface area contributed by atoms with Crippen molar-refractivity contribution in [1.29, 1.82) is 0 Å². The maximum absolute atomic E-state index is 6.77. The lowest BCUT2D eigenvalue weighted by Crippen LogP contribution is -2.69. The van der Waals surface area contributed by atoms with Crippen molar-refractivity contribution >= 4 is 0 Å². The van der Waals surface area contributed by atoms with Gasteiger partial charge in [0, 0.05) is 24.5 Å². The van der Waals surface area contributed by atoms with Gasteiger partial charge in [-0.2, -0.15) is 0 Å². The first-order valence-corrected chi connectivity index (χ1v) is 11.4. The summed E-state index contributed by atoms with van der Waals surface area (Å²) in [5.74, 6) is 2.51. The number of rotatable bonds is 4. The van der Waals surface area contributed by atoms with E-state index in [1.54, 1.807) is 21.3 Å². The largest absolute Gasteiger partial charge is 0.496 e. The van der Waals surface area contributed by atoms with Gasteiger partial charge in [0.15, 0.2) is 11.9 Å². The lowest BCUT2D eigenvalue weighted by Gasteiger charge is -2.60. The third kappa shape index (κ3) is 3.00. The molecule has 0 unspecified atom stereocenters. The molecule has 1 aromatic rings. The van der Waals surface area contributed by atoms with E-state index in [9.17, 15) is 0 Å². The smallest absolute Gasteiger partial charge is 0.201 e. The fraction of sp³-hybridized carbons (Fsp3) is 0.750. The van der Waals surface area contributed by atoms with Gasteiger partial charge in [-0.3, -0.25) is 0 Å². The van der Waals surface area contributed by atoms with E-state index in [4.69, 9.17) is 33.5 Å². The molecule has 2 bridgehead atoms. The predicted octanol–water partition coefficient (Wildman–Crippen LogP) is 4.64. The lowest BCUT2D eigenvalue weighted by atomic mass is 9.57. The van der Waals surface area contributed by atoms with Gasteiger partial charge < -0.3 is 23.7 Å². The Hall–Kier alpha value is -1.54. The summed E-state index contributed by atoms with van der Waals surface area (Å²) < 4.78 is 30.2. The summed E-state index contributed by atoms with van der Waals surface area (Å²) in [4.78, 5) is 12.2. The highest BCUT2D eigenvalue weighted by Crippen LogP contribution is 2.63. The van der Waals surface area contributed by atoms with Crippen LogP contribution in [0.25, 0.3) is 0 Å². The normalized spacial score (nSPS) is 43.7. The molecule has 1 aromatic carbocycles. The number of fused-ring (bicyclic) bond motifs is 2. The van der Waals surface area contributed by atoms with Gasteiger partial charge in [0.2, 0.25) is 5.79 Å². The monoisotopic (exact) mass is 434 g/mol. The van der Waals surface area contributed by atoms with Crippen molar-refractivity contribution in [1.82, 2.24) is 0 Å². The van der Waals surface area contributed by atoms with Crippen LogP contribution in [0.1, 0.15) is 58.1 Å². The highest BCUT2D eigenvalue weighted by Gasteiger charge is 2.69. The number of benzene rings is 1. The molecule has 7 heteroatoms. The molecule has 4 saturated heterocycles. The highest BCUT2D eigenvalue weighted by atomic mass is 17.3. The van der Waals surface area contributed by atoms with Gasteiger partial charge in [-0.15, -0.1) is 0 Å². The molecule has 5 aliphatic rings. The molecule has 6 rings (SSSR count). The average molecular weight is 435 g/mol. The van der Waals surface area contributed by atoms with Gasteiger partial charge in [-0.05, 0) is 43.9 Å². The summed E-state index contributed by atoms with van der Waals surface area (Å²) >= 11 is 0. The second-order valence-electron chi connectivity index (χ2n) is 9.77. The van der Waals surface area contributed by atoms with Crippen LogP contribution in [-0.4, -0.2) is 39.0 Å². The van der Waals surface area contributed by atoms with Crippen molar-refractivity contribution in [2.75, 3.05) is 21.3 Å². The average Bonchev–Trinajstić information content (AvgIpc) is 3.01. The molecule has 7 nitrogen and oxygen atoms in total. The third-order valence-electron chi connectivity index (χ3n) is 8.20. The molecular weight excluding hydrogens is 400 g/mol. The zero-order valence-electron chi connectivity index (χ0n) is 19.3. The van der Waals surface area contributed by atoms with Gasteiger partial charge in [0.05, 0.1) is 33.0 Å². The fourth-order valence-electron chi connectivity index (χ4n) is 6.55. The van der Waals surface area contributed by atoms with E-state index in [1.165, 1.54) is 0 Å². The molecule has 0 amide bonds. The van der Waals surface area contributed by atoms with Crippen LogP contribution in [-0.2, 0) is 19.2 Å². The standard InChI is InChI=1S/C24H34O7/c1-13-7-8-17-14(2)21(20-18(26-5)11-15(25-4)12-19(20)27-6)28-22-24(17)16(13)9-10-23(3,29-22)30-31-24/h11-14,16-17,21-22H,7-10H2,1-6H3/t13-,14-,16+,17+,21-,22-,23-,24-/m1/s1. The molecule has 0 N–H and O–H groups in total. The zero-order chi connectivity index (χ0) is 22.0. The fourth-order valence-corrected chi connectivity index (χ4v) is 6.55. The summed E-state index contributed by atoms with van der Waals surface area (Å²) in [6, 6.07) is 3.76. The Morgan fingerprint density at radius 1 is 0.903 bits per heavy atom.